The van der Waals surface area contributed by atoms with Gasteiger partial charge in [-0.1, -0.05) is 0 Å². The molecule has 1 saturated heterocycles. The zero-order chi connectivity index (χ0) is 14.3. The van der Waals surface area contributed by atoms with Crippen LogP contribution in [0.4, 0.5) is 0 Å². The van der Waals surface area contributed by atoms with Crippen molar-refractivity contribution in [3.05, 3.63) is 12.2 Å². The zero-order valence-corrected chi connectivity index (χ0v) is 11.8. The Bertz CT molecular complexity index is 551. The van der Waals surface area contributed by atoms with E-state index in [9.17, 15) is 9.59 Å². The van der Waals surface area contributed by atoms with Crippen molar-refractivity contribution in [1.82, 2.24) is 25.0 Å². The number of hydrogen-bond donors (Lipinski definition) is 1. The van der Waals surface area contributed by atoms with Gasteiger partial charge in [-0.25, -0.2) is 9.67 Å². The van der Waals surface area contributed by atoms with Crippen molar-refractivity contribution in [2.24, 2.45) is 5.92 Å². The monoisotopic (exact) mass is 277 g/mol. The smallest absolute Gasteiger partial charge is 0.249 e. The molecule has 2 heterocycles. The maximum atomic E-state index is 12.7. The van der Waals surface area contributed by atoms with E-state index < -0.39 is 5.54 Å². The van der Waals surface area contributed by atoms with Gasteiger partial charge in [0, 0.05) is 6.54 Å². The quantitative estimate of drug-likeness (QED) is 0.835. The zero-order valence-electron chi connectivity index (χ0n) is 11.8. The summed E-state index contributed by atoms with van der Waals surface area (Å²) in [6.07, 6.45) is 3.48. The highest BCUT2D eigenvalue weighted by Gasteiger charge is 2.52. The Morgan fingerprint density at radius 1 is 1.45 bits per heavy atom. The lowest BCUT2D eigenvalue weighted by Gasteiger charge is -2.39. The van der Waals surface area contributed by atoms with Crippen molar-refractivity contribution in [1.29, 1.82) is 0 Å². The van der Waals surface area contributed by atoms with Crippen LogP contribution in [-0.2, 0) is 22.7 Å². The van der Waals surface area contributed by atoms with Crippen LogP contribution in [0.25, 0.3) is 0 Å². The van der Waals surface area contributed by atoms with E-state index in [2.05, 4.69) is 15.4 Å². The van der Waals surface area contributed by atoms with Crippen molar-refractivity contribution in [3.8, 4) is 0 Å². The Morgan fingerprint density at radius 2 is 2.20 bits per heavy atom. The molecule has 0 radical (unpaired) electrons. The molecule has 1 unspecified atom stereocenters. The van der Waals surface area contributed by atoms with Crippen LogP contribution in [0, 0.1) is 5.92 Å². The number of nitrogens with zero attached hydrogens (tertiary/aromatic N) is 4. The molecular weight excluding hydrogens is 258 g/mol. The fraction of sp³-hybridized carbons (Fsp3) is 0.692. The number of carbonyl (C=O) groups is 2. The highest BCUT2D eigenvalue weighted by atomic mass is 16.2. The van der Waals surface area contributed by atoms with E-state index in [4.69, 9.17) is 0 Å². The van der Waals surface area contributed by atoms with E-state index in [1.165, 1.54) is 6.33 Å². The summed E-state index contributed by atoms with van der Waals surface area (Å²) in [6, 6.07) is 0. The number of hydrogen-bond acceptors (Lipinski definition) is 4. The third kappa shape index (κ3) is 2.07. The predicted molar refractivity (Wildman–Crippen MR) is 70.4 cm³/mol. The molecule has 2 amide bonds. The summed E-state index contributed by atoms with van der Waals surface area (Å²) < 4.78 is 1.74. The van der Waals surface area contributed by atoms with Crippen LogP contribution in [0.1, 0.15) is 32.5 Å². The first-order valence-corrected chi connectivity index (χ1v) is 7.01. The van der Waals surface area contributed by atoms with Crippen molar-refractivity contribution < 1.29 is 9.59 Å². The van der Waals surface area contributed by atoms with Gasteiger partial charge in [0.05, 0.1) is 6.54 Å². The minimum atomic E-state index is -0.744. The number of rotatable bonds is 4. The molecule has 2 fully saturated rings. The third-order valence-corrected chi connectivity index (χ3v) is 4.19. The molecule has 1 atom stereocenters. The number of amides is 2. The fourth-order valence-electron chi connectivity index (χ4n) is 2.87. The summed E-state index contributed by atoms with van der Waals surface area (Å²) >= 11 is 0. The van der Waals surface area contributed by atoms with Gasteiger partial charge >= 0.3 is 0 Å². The van der Waals surface area contributed by atoms with Crippen molar-refractivity contribution in [2.45, 2.75) is 45.3 Å². The highest BCUT2D eigenvalue weighted by molar-refractivity contribution is 5.98. The molecule has 0 spiro atoms. The van der Waals surface area contributed by atoms with Gasteiger partial charge in [-0.2, -0.15) is 5.10 Å². The molecule has 1 aliphatic carbocycles. The molecule has 7 heteroatoms. The van der Waals surface area contributed by atoms with E-state index >= 15 is 0 Å². The van der Waals surface area contributed by atoms with Gasteiger partial charge in [-0.15, -0.1) is 0 Å². The van der Waals surface area contributed by atoms with Crippen LogP contribution < -0.4 is 5.32 Å². The van der Waals surface area contributed by atoms with Crippen molar-refractivity contribution in [2.75, 3.05) is 6.54 Å². The van der Waals surface area contributed by atoms with E-state index in [1.807, 2.05) is 13.8 Å². The fourth-order valence-corrected chi connectivity index (χ4v) is 2.87. The normalized spacial score (nSPS) is 26.8. The summed E-state index contributed by atoms with van der Waals surface area (Å²) in [5.41, 5.74) is -0.744. The molecule has 1 aliphatic heterocycles. The Morgan fingerprint density at radius 3 is 2.85 bits per heavy atom. The van der Waals surface area contributed by atoms with Crippen LogP contribution in [0.15, 0.2) is 6.33 Å². The molecule has 3 rings (SSSR count). The summed E-state index contributed by atoms with van der Waals surface area (Å²) in [4.78, 5) is 30.3. The van der Waals surface area contributed by atoms with Gasteiger partial charge in [0.25, 0.3) is 0 Å². The average Bonchev–Trinajstić information content (AvgIpc) is 3.17. The average molecular weight is 277 g/mol. The van der Waals surface area contributed by atoms with Crippen LogP contribution in [0.2, 0.25) is 0 Å². The van der Waals surface area contributed by atoms with E-state index in [1.54, 1.807) is 9.58 Å². The Hall–Kier alpha value is -1.92. The predicted octanol–water partition coefficient (Wildman–Crippen LogP) is -0.0749. The Labute approximate surface area is 117 Å². The minimum absolute atomic E-state index is 0.00902. The topological polar surface area (TPSA) is 80.1 Å². The van der Waals surface area contributed by atoms with Gasteiger partial charge in [0.1, 0.15) is 24.2 Å². The van der Waals surface area contributed by atoms with Gasteiger partial charge in [0.15, 0.2) is 0 Å². The Kier molecular flexibility index (Phi) is 2.99. The number of carbonyl (C=O) groups excluding carboxylic acids is 2. The van der Waals surface area contributed by atoms with E-state index in [0.717, 1.165) is 12.8 Å². The molecule has 20 heavy (non-hydrogen) atoms. The molecule has 1 saturated carbocycles. The number of piperazine rings is 1. The summed E-state index contributed by atoms with van der Waals surface area (Å²) in [6.45, 7) is 4.93. The molecule has 1 N–H and O–H groups in total. The maximum Gasteiger partial charge on any atom is 0.249 e. The first-order chi connectivity index (χ1) is 9.54. The van der Waals surface area contributed by atoms with Gasteiger partial charge in [-0.3, -0.25) is 9.59 Å². The second-order valence-corrected chi connectivity index (χ2v) is 5.68. The molecule has 0 aromatic carbocycles. The molecule has 108 valence electrons. The summed E-state index contributed by atoms with van der Waals surface area (Å²) in [5.74, 6) is 0.881. The maximum absolute atomic E-state index is 12.7. The Balaban J connectivity index is 1.81. The molecular formula is C13H19N5O2. The SMILES string of the molecule is CCn1ncnc1CN1CC(=O)NC(C)(C2CC2)C1=O. The minimum Gasteiger partial charge on any atom is -0.340 e. The second kappa shape index (κ2) is 4.57. The first-order valence-electron chi connectivity index (χ1n) is 7.01. The number of aromatic nitrogens is 3. The van der Waals surface area contributed by atoms with Crippen molar-refractivity contribution in [3.63, 3.8) is 0 Å². The van der Waals surface area contributed by atoms with Crippen molar-refractivity contribution >= 4 is 11.8 Å². The first kappa shape index (κ1) is 13.1. The molecule has 0 bridgehead atoms. The van der Waals surface area contributed by atoms with E-state index in [0.29, 0.717) is 18.9 Å². The lowest BCUT2D eigenvalue weighted by molar-refractivity contribution is -0.151. The van der Waals surface area contributed by atoms with Crippen LogP contribution >= 0.6 is 0 Å². The van der Waals surface area contributed by atoms with Crippen LogP contribution in [0.3, 0.4) is 0 Å². The largest absolute Gasteiger partial charge is 0.340 e. The molecule has 7 nitrogen and oxygen atoms in total. The van der Waals surface area contributed by atoms with Gasteiger partial charge in [0.2, 0.25) is 11.8 Å². The van der Waals surface area contributed by atoms with E-state index in [-0.39, 0.29) is 24.3 Å². The highest BCUT2D eigenvalue weighted by Crippen LogP contribution is 2.41. The van der Waals surface area contributed by atoms with Gasteiger partial charge in [-0.05, 0) is 32.6 Å². The molecule has 1 aromatic rings. The second-order valence-electron chi connectivity index (χ2n) is 5.68. The molecule has 1 aromatic heterocycles. The molecule has 2 aliphatic rings. The number of aryl methyl sites for hydroxylation is 1. The van der Waals surface area contributed by atoms with Crippen LogP contribution in [-0.4, -0.2) is 43.6 Å². The number of nitrogens with one attached hydrogen (secondary N) is 1. The van der Waals surface area contributed by atoms with Crippen LogP contribution in [0.5, 0.6) is 0 Å². The summed E-state index contributed by atoms with van der Waals surface area (Å²) in [7, 11) is 0. The third-order valence-electron chi connectivity index (χ3n) is 4.19. The lowest BCUT2D eigenvalue weighted by atomic mass is 9.91. The van der Waals surface area contributed by atoms with Gasteiger partial charge < -0.3 is 10.2 Å². The lowest BCUT2D eigenvalue weighted by Crippen LogP contribution is -2.66. The summed E-state index contributed by atoms with van der Waals surface area (Å²) in [5, 5.41) is 6.96. The standard InChI is InChI=1S/C13H19N5O2/c1-3-18-10(14-8-15-18)6-17-7-11(19)16-13(2,12(17)20)9-4-5-9/h8-9H,3-7H2,1-2H3,(H,16,19).